The lowest BCUT2D eigenvalue weighted by Gasteiger charge is -2.29. The number of anilines is 5. The summed E-state index contributed by atoms with van der Waals surface area (Å²) in [6.07, 6.45) is 8.69. The van der Waals surface area contributed by atoms with E-state index in [1.807, 2.05) is 42.5 Å². The average molecular weight is 687 g/mol. The standard InChI is InChI=1S/C49H42N4/c1-4-36-15-14-32-52(47-31-22-37(5-2)34-44(47)35(3)33-36)40-27-29-43(30-28-40)53(41-18-10-7-11-19-41)42-25-23-39(24-26-42)49-48(38-16-8-6-9-17-38)50-45-20-12-13-21-46(45)51-49/h6-31,33-34H,3-5,32H2,1-2H3/b15-14-,36-33-. The Morgan fingerprint density at radius 2 is 1.17 bits per heavy atom. The summed E-state index contributed by atoms with van der Waals surface area (Å²) in [5.41, 5.74) is 15.9. The molecule has 0 bridgehead atoms. The van der Waals surface area contributed by atoms with E-state index in [1.54, 1.807) is 0 Å². The van der Waals surface area contributed by atoms with Gasteiger partial charge in [0.05, 0.1) is 22.4 Å². The molecule has 258 valence electrons. The van der Waals surface area contributed by atoms with Crippen molar-refractivity contribution in [3.05, 3.63) is 193 Å². The van der Waals surface area contributed by atoms with Gasteiger partial charge in [0.1, 0.15) is 0 Å². The average Bonchev–Trinajstić information content (AvgIpc) is 3.29. The topological polar surface area (TPSA) is 32.3 Å². The molecule has 0 amide bonds. The third kappa shape index (κ3) is 6.92. The summed E-state index contributed by atoms with van der Waals surface area (Å²) in [4.78, 5) is 14.9. The number of rotatable bonds is 8. The van der Waals surface area contributed by atoms with Gasteiger partial charge in [-0.3, -0.25) is 0 Å². The van der Waals surface area contributed by atoms with Crippen LogP contribution in [0, 0.1) is 0 Å². The zero-order chi connectivity index (χ0) is 36.1. The highest BCUT2D eigenvalue weighted by Gasteiger charge is 2.19. The molecular weight excluding hydrogens is 645 g/mol. The molecule has 0 saturated carbocycles. The number of aromatic nitrogens is 2. The van der Waals surface area contributed by atoms with Gasteiger partial charge in [-0.1, -0.05) is 118 Å². The first-order valence-corrected chi connectivity index (χ1v) is 18.4. The first-order chi connectivity index (χ1) is 26.1. The molecule has 7 aromatic rings. The van der Waals surface area contributed by atoms with Crippen LogP contribution >= 0.6 is 0 Å². The SMILES string of the molecule is C=C1/C=C(CC)\C=C/CN(c2ccc(N(c3ccccc3)c3ccc(-c4nc5ccccc5nc4-c4ccccc4)cc3)cc2)c2ccc(CC)cc21. The molecule has 1 aliphatic rings. The number of aryl methyl sites for hydroxylation is 1. The van der Waals surface area contributed by atoms with Crippen LogP contribution in [-0.2, 0) is 6.42 Å². The molecule has 8 rings (SSSR count). The zero-order valence-corrected chi connectivity index (χ0v) is 30.3. The Bertz CT molecular complexity index is 2440. The van der Waals surface area contributed by atoms with Gasteiger partial charge >= 0.3 is 0 Å². The summed E-state index contributed by atoms with van der Waals surface area (Å²) >= 11 is 0. The third-order valence-corrected chi connectivity index (χ3v) is 9.94. The smallest absolute Gasteiger partial charge is 0.0973 e. The van der Waals surface area contributed by atoms with Crippen molar-refractivity contribution in [2.75, 3.05) is 16.3 Å². The van der Waals surface area contributed by atoms with Crippen LogP contribution in [0.15, 0.2) is 182 Å². The van der Waals surface area contributed by atoms with Crippen molar-refractivity contribution in [3.63, 3.8) is 0 Å². The second kappa shape index (κ2) is 15.0. The Balaban J connectivity index is 1.17. The minimum absolute atomic E-state index is 0.759. The van der Waals surface area contributed by atoms with E-state index in [0.29, 0.717) is 0 Å². The summed E-state index contributed by atoms with van der Waals surface area (Å²) in [6, 6.07) is 53.3. The number of fused-ring (bicyclic) bond motifs is 2. The molecule has 0 atom stereocenters. The van der Waals surface area contributed by atoms with Crippen LogP contribution in [0.3, 0.4) is 0 Å². The highest BCUT2D eigenvalue weighted by atomic mass is 15.2. The lowest BCUT2D eigenvalue weighted by Crippen LogP contribution is -2.18. The van der Waals surface area contributed by atoms with E-state index in [2.05, 4.69) is 158 Å². The van der Waals surface area contributed by atoms with Crippen LogP contribution in [0.5, 0.6) is 0 Å². The number of nitrogens with zero attached hydrogens (tertiary/aromatic N) is 4. The van der Waals surface area contributed by atoms with Gasteiger partial charge in [0.2, 0.25) is 0 Å². The number of benzene rings is 6. The van der Waals surface area contributed by atoms with Gasteiger partial charge in [0.15, 0.2) is 0 Å². The normalized spacial score (nSPS) is 14.4. The van der Waals surface area contributed by atoms with Crippen molar-refractivity contribution < 1.29 is 0 Å². The highest BCUT2D eigenvalue weighted by Crippen LogP contribution is 2.40. The minimum Gasteiger partial charge on any atom is -0.337 e. The second-order valence-corrected chi connectivity index (χ2v) is 13.3. The van der Waals surface area contributed by atoms with Crippen LogP contribution in [0.25, 0.3) is 39.1 Å². The maximum Gasteiger partial charge on any atom is 0.0973 e. The van der Waals surface area contributed by atoms with Crippen LogP contribution in [0.4, 0.5) is 28.4 Å². The molecule has 0 radical (unpaired) electrons. The summed E-state index contributed by atoms with van der Waals surface area (Å²) in [5.74, 6) is 0. The Morgan fingerprint density at radius 3 is 1.79 bits per heavy atom. The first kappa shape index (κ1) is 33.6. The van der Waals surface area contributed by atoms with E-state index in [9.17, 15) is 0 Å². The monoisotopic (exact) mass is 686 g/mol. The van der Waals surface area contributed by atoms with Crippen molar-refractivity contribution in [3.8, 4) is 22.5 Å². The lowest BCUT2D eigenvalue weighted by atomic mass is 9.98. The molecule has 1 aromatic heterocycles. The maximum atomic E-state index is 5.13. The number of hydrogen-bond donors (Lipinski definition) is 0. The Labute approximate surface area is 312 Å². The second-order valence-electron chi connectivity index (χ2n) is 13.3. The molecule has 4 nitrogen and oxygen atoms in total. The lowest BCUT2D eigenvalue weighted by molar-refractivity contribution is 1.07. The fraction of sp³-hybridized carbons (Fsp3) is 0.102. The fourth-order valence-electron chi connectivity index (χ4n) is 7.09. The Morgan fingerprint density at radius 1 is 0.604 bits per heavy atom. The van der Waals surface area contributed by atoms with Gasteiger partial charge in [-0.25, -0.2) is 9.97 Å². The minimum atomic E-state index is 0.759. The van der Waals surface area contributed by atoms with Gasteiger partial charge in [0.25, 0.3) is 0 Å². The highest BCUT2D eigenvalue weighted by molar-refractivity contribution is 5.88. The molecule has 53 heavy (non-hydrogen) atoms. The molecule has 1 aliphatic heterocycles. The van der Waals surface area contributed by atoms with Gasteiger partial charge in [0, 0.05) is 51.7 Å². The van der Waals surface area contributed by atoms with Crippen molar-refractivity contribution in [2.45, 2.75) is 26.7 Å². The molecule has 0 fully saturated rings. The molecule has 0 unspecified atom stereocenters. The maximum absolute atomic E-state index is 5.13. The molecule has 0 saturated heterocycles. The number of para-hydroxylation sites is 3. The summed E-state index contributed by atoms with van der Waals surface area (Å²) in [5, 5.41) is 0. The van der Waals surface area contributed by atoms with Crippen molar-refractivity contribution in [2.24, 2.45) is 0 Å². The summed E-state index contributed by atoms with van der Waals surface area (Å²) < 4.78 is 0. The van der Waals surface area contributed by atoms with Gasteiger partial charge in [-0.05, 0) is 102 Å². The molecule has 4 heteroatoms. The van der Waals surface area contributed by atoms with Crippen LogP contribution in [-0.4, -0.2) is 16.5 Å². The largest absolute Gasteiger partial charge is 0.337 e. The van der Waals surface area contributed by atoms with E-state index < -0.39 is 0 Å². The first-order valence-electron chi connectivity index (χ1n) is 18.4. The summed E-state index contributed by atoms with van der Waals surface area (Å²) in [7, 11) is 0. The van der Waals surface area contributed by atoms with Crippen molar-refractivity contribution in [1.82, 2.24) is 9.97 Å². The third-order valence-electron chi connectivity index (χ3n) is 9.94. The van der Waals surface area contributed by atoms with Crippen LogP contribution < -0.4 is 9.80 Å². The van der Waals surface area contributed by atoms with Crippen molar-refractivity contribution in [1.29, 1.82) is 0 Å². The van der Waals surface area contributed by atoms with Gasteiger partial charge in [-0.15, -0.1) is 0 Å². The van der Waals surface area contributed by atoms with E-state index in [4.69, 9.17) is 9.97 Å². The van der Waals surface area contributed by atoms with Gasteiger partial charge in [-0.2, -0.15) is 0 Å². The molecular formula is C49H42N4. The van der Waals surface area contributed by atoms with Crippen LogP contribution in [0.2, 0.25) is 0 Å². The molecule has 6 aromatic carbocycles. The molecule has 2 heterocycles. The molecule has 0 spiro atoms. The van der Waals surface area contributed by atoms with Gasteiger partial charge < -0.3 is 9.80 Å². The predicted molar refractivity (Wildman–Crippen MR) is 224 cm³/mol. The molecule has 0 aliphatic carbocycles. The summed E-state index contributed by atoms with van der Waals surface area (Å²) in [6.45, 7) is 9.68. The molecule has 0 N–H and O–H groups in total. The fourth-order valence-corrected chi connectivity index (χ4v) is 7.09. The number of allylic oxidation sites excluding steroid dienone is 4. The predicted octanol–water partition coefficient (Wildman–Crippen LogP) is 13.1. The van der Waals surface area contributed by atoms with E-state index in [1.165, 1.54) is 22.4 Å². The Hall–Kier alpha value is -6.52. The van der Waals surface area contributed by atoms with Crippen molar-refractivity contribution >= 4 is 45.0 Å². The Kier molecular flexibility index (Phi) is 9.51. The van der Waals surface area contributed by atoms with E-state index >= 15 is 0 Å². The van der Waals surface area contributed by atoms with E-state index in [0.717, 1.165) is 81.3 Å². The quantitative estimate of drug-likeness (QED) is 0.159. The zero-order valence-electron chi connectivity index (χ0n) is 30.3. The van der Waals surface area contributed by atoms with E-state index in [-0.39, 0.29) is 0 Å². The van der Waals surface area contributed by atoms with Crippen LogP contribution in [0.1, 0.15) is 31.4 Å². The number of hydrogen-bond acceptors (Lipinski definition) is 4.